The van der Waals surface area contributed by atoms with Gasteiger partial charge in [0.1, 0.15) is 17.4 Å². The molecule has 2 atom stereocenters. The Bertz CT molecular complexity index is 1580. The summed E-state index contributed by atoms with van der Waals surface area (Å²) in [6.45, 7) is 10.1. The molecular formula is C27H32N10O3. The number of carbonyl (C=O) groups excluding carboxylic acids is 1. The second kappa shape index (κ2) is 10.5. The molecule has 208 valence electrons. The Labute approximate surface area is 231 Å². The van der Waals surface area contributed by atoms with Crippen LogP contribution >= 0.6 is 0 Å². The highest BCUT2D eigenvalue weighted by Crippen LogP contribution is 2.31. The number of rotatable bonds is 5. The van der Waals surface area contributed by atoms with Crippen molar-refractivity contribution in [2.75, 3.05) is 18.4 Å². The van der Waals surface area contributed by atoms with E-state index in [1.807, 2.05) is 40.7 Å². The lowest BCUT2D eigenvalue weighted by molar-refractivity contribution is -0.0120. The third kappa shape index (κ3) is 5.57. The van der Waals surface area contributed by atoms with Crippen LogP contribution in [0.15, 0.2) is 36.9 Å². The van der Waals surface area contributed by atoms with Crippen molar-refractivity contribution in [3.8, 4) is 23.1 Å². The normalized spacial score (nSPS) is 17.7. The third-order valence-corrected chi connectivity index (χ3v) is 6.41. The van der Waals surface area contributed by atoms with Crippen molar-refractivity contribution in [2.45, 2.75) is 64.8 Å². The fraction of sp³-hybridized carbons (Fsp3) is 0.444. The van der Waals surface area contributed by atoms with Crippen molar-refractivity contribution in [2.24, 2.45) is 0 Å². The van der Waals surface area contributed by atoms with Crippen molar-refractivity contribution in [3.05, 3.63) is 42.5 Å². The van der Waals surface area contributed by atoms with Gasteiger partial charge in [0.15, 0.2) is 11.5 Å². The summed E-state index contributed by atoms with van der Waals surface area (Å²) < 4.78 is 8.72. The van der Waals surface area contributed by atoms with E-state index in [-0.39, 0.29) is 18.6 Å². The topological polar surface area (TPSA) is 160 Å². The number of aromatic nitrogens is 7. The highest BCUT2D eigenvalue weighted by atomic mass is 16.6. The van der Waals surface area contributed by atoms with Gasteiger partial charge in [-0.3, -0.25) is 0 Å². The van der Waals surface area contributed by atoms with E-state index in [1.54, 1.807) is 34.0 Å². The Hall–Kier alpha value is -4.57. The molecule has 0 saturated carbocycles. The molecule has 0 spiro atoms. The van der Waals surface area contributed by atoms with Crippen molar-refractivity contribution in [3.63, 3.8) is 0 Å². The van der Waals surface area contributed by atoms with Gasteiger partial charge in [0.25, 0.3) is 0 Å². The number of fused-ring (bicyclic) bond motifs is 1. The van der Waals surface area contributed by atoms with Gasteiger partial charge in [-0.25, -0.2) is 19.4 Å². The number of nitrogens with zero attached hydrogens (tertiary/aromatic N) is 9. The molecule has 0 aromatic carbocycles. The van der Waals surface area contributed by atoms with Crippen LogP contribution in [0.5, 0.6) is 0 Å². The van der Waals surface area contributed by atoms with Crippen molar-refractivity contribution >= 4 is 22.8 Å². The number of carbonyl (C=O) groups is 1. The van der Waals surface area contributed by atoms with E-state index in [0.717, 1.165) is 16.6 Å². The zero-order valence-corrected chi connectivity index (χ0v) is 23.1. The van der Waals surface area contributed by atoms with Crippen molar-refractivity contribution in [1.82, 2.24) is 39.6 Å². The fourth-order valence-corrected chi connectivity index (χ4v) is 4.63. The lowest BCUT2D eigenvalue weighted by Gasteiger charge is -2.36. The molecule has 4 aromatic heterocycles. The van der Waals surface area contributed by atoms with E-state index < -0.39 is 17.8 Å². The second-order valence-corrected chi connectivity index (χ2v) is 11.1. The van der Waals surface area contributed by atoms with Crippen LogP contribution in [0.25, 0.3) is 28.1 Å². The van der Waals surface area contributed by atoms with Gasteiger partial charge in [-0.2, -0.15) is 15.0 Å². The van der Waals surface area contributed by atoms with E-state index in [2.05, 4.69) is 36.8 Å². The molecular weight excluding hydrogens is 512 g/mol. The highest BCUT2D eigenvalue weighted by molar-refractivity contribution is 5.79. The zero-order valence-electron chi connectivity index (χ0n) is 23.1. The second-order valence-electron chi connectivity index (χ2n) is 11.1. The fourth-order valence-electron chi connectivity index (χ4n) is 4.63. The lowest BCUT2D eigenvalue weighted by Crippen LogP contribution is -2.48. The lowest BCUT2D eigenvalue weighted by atomic mass is 10.0. The number of nitriles is 1. The number of hydrogen-bond acceptors (Lipinski definition) is 10. The largest absolute Gasteiger partial charge is 0.444 e. The molecule has 5 heterocycles. The average molecular weight is 545 g/mol. The van der Waals surface area contributed by atoms with Crippen LogP contribution in [-0.4, -0.2) is 81.7 Å². The quantitative estimate of drug-likeness (QED) is 0.381. The van der Waals surface area contributed by atoms with E-state index in [4.69, 9.17) is 10.00 Å². The first-order valence-electron chi connectivity index (χ1n) is 13.1. The predicted octanol–water partition coefficient (Wildman–Crippen LogP) is 3.31. The molecule has 1 aliphatic rings. The standard InChI is InChI=1S/C27H32N10O3/c1-16(2)32-20-9-24(37-25-18(12-31-37)8-17(10-28)11-30-25)29-13-19(20)21-14-36(34-33-21)22-6-7-35(15-23(22)38)26(39)40-27(3,4)5/h8-9,11-14,16,22-23,38H,6-7,15H2,1-5H3,(H,29,32)/t22-,23-/m0/s1. The molecule has 0 unspecified atom stereocenters. The molecule has 0 bridgehead atoms. The smallest absolute Gasteiger partial charge is 0.410 e. The Morgan fingerprint density at radius 1 is 1.23 bits per heavy atom. The number of pyridine rings is 2. The summed E-state index contributed by atoms with van der Waals surface area (Å²) >= 11 is 0. The third-order valence-electron chi connectivity index (χ3n) is 6.41. The number of hydrogen-bond donors (Lipinski definition) is 2. The summed E-state index contributed by atoms with van der Waals surface area (Å²) in [6, 6.07) is 5.47. The molecule has 13 heteroatoms. The number of ether oxygens (including phenoxy) is 1. The first kappa shape index (κ1) is 27.0. The summed E-state index contributed by atoms with van der Waals surface area (Å²) in [5.74, 6) is 0.552. The van der Waals surface area contributed by atoms with Crippen molar-refractivity contribution < 1.29 is 14.6 Å². The highest BCUT2D eigenvalue weighted by Gasteiger charge is 2.34. The predicted molar refractivity (Wildman–Crippen MR) is 147 cm³/mol. The number of aliphatic hydroxyl groups is 1. The maximum Gasteiger partial charge on any atom is 0.410 e. The van der Waals surface area contributed by atoms with Crippen LogP contribution in [0.4, 0.5) is 10.5 Å². The molecule has 13 nitrogen and oxygen atoms in total. The van der Waals surface area contributed by atoms with Crippen LogP contribution in [0.3, 0.4) is 0 Å². The molecule has 1 saturated heterocycles. The minimum absolute atomic E-state index is 0.119. The number of anilines is 1. The number of β-amino-alcohol motifs (C(OH)–C–C–N with tert-alkyl or cyclic N) is 1. The van der Waals surface area contributed by atoms with E-state index >= 15 is 0 Å². The SMILES string of the molecule is CC(C)Nc1cc(-n2ncc3cc(C#N)cnc32)ncc1-c1cn([C@H]2CCN(C(=O)OC(C)(C)C)C[C@@H]2O)nn1. The van der Waals surface area contributed by atoms with E-state index in [0.29, 0.717) is 35.7 Å². The molecule has 2 N–H and O–H groups in total. The number of likely N-dealkylation sites (tertiary alicyclic amines) is 1. The van der Waals surface area contributed by atoms with Gasteiger partial charge < -0.3 is 20.1 Å². The van der Waals surface area contributed by atoms with Gasteiger partial charge in [-0.15, -0.1) is 5.10 Å². The number of nitrogens with one attached hydrogen (secondary N) is 1. The molecule has 1 amide bonds. The van der Waals surface area contributed by atoms with Gasteiger partial charge in [0.05, 0.1) is 36.6 Å². The van der Waals surface area contributed by atoms with E-state index in [9.17, 15) is 9.90 Å². The van der Waals surface area contributed by atoms with Crippen molar-refractivity contribution in [1.29, 1.82) is 5.26 Å². The minimum atomic E-state index is -0.827. The number of aliphatic hydroxyl groups excluding tert-OH is 1. The van der Waals surface area contributed by atoms with Gasteiger partial charge in [0, 0.05) is 47.7 Å². The van der Waals surface area contributed by atoms with Gasteiger partial charge >= 0.3 is 6.09 Å². The maximum absolute atomic E-state index is 12.5. The monoisotopic (exact) mass is 544 g/mol. The summed E-state index contributed by atoms with van der Waals surface area (Å²) in [4.78, 5) is 23.0. The Balaban J connectivity index is 1.39. The molecule has 1 aliphatic heterocycles. The summed E-state index contributed by atoms with van der Waals surface area (Å²) in [5.41, 5.74) is 2.55. The zero-order chi connectivity index (χ0) is 28.6. The molecule has 4 aromatic rings. The number of piperidine rings is 1. The minimum Gasteiger partial charge on any atom is -0.444 e. The summed E-state index contributed by atoms with van der Waals surface area (Å²) in [6.07, 6.45) is 5.88. The molecule has 0 aliphatic carbocycles. The molecule has 5 rings (SSSR count). The summed E-state index contributed by atoms with van der Waals surface area (Å²) in [7, 11) is 0. The van der Waals surface area contributed by atoms with Crippen LogP contribution < -0.4 is 5.32 Å². The first-order chi connectivity index (χ1) is 19.0. The van der Waals surface area contributed by atoms with E-state index in [1.165, 1.54) is 11.1 Å². The van der Waals surface area contributed by atoms with Crippen LogP contribution in [0.2, 0.25) is 0 Å². The Kier molecular flexibility index (Phi) is 7.12. The molecule has 1 fully saturated rings. The number of amides is 1. The Morgan fingerprint density at radius 3 is 2.73 bits per heavy atom. The van der Waals surface area contributed by atoms with Crippen LogP contribution in [0.1, 0.15) is 52.6 Å². The average Bonchev–Trinajstić information content (AvgIpc) is 3.54. The first-order valence-corrected chi connectivity index (χ1v) is 13.1. The van der Waals surface area contributed by atoms with Crippen LogP contribution in [-0.2, 0) is 4.74 Å². The summed E-state index contributed by atoms with van der Waals surface area (Å²) in [5, 5.41) is 37.3. The van der Waals surface area contributed by atoms with Gasteiger partial charge in [-0.05, 0) is 47.1 Å². The van der Waals surface area contributed by atoms with Gasteiger partial charge in [-0.1, -0.05) is 5.21 Å². The van der Waals surface area contributed by atoms with Crippen LogP contribution in [0, 0.1) is 11.3 Å². The molecule has 40 heavy (non-hydrogen) atoms. The Morgan fingerprint density at radius 2 is 2.02 bits per heavy atom. The van der Waals surface area contributed by atoms with Gasteiger partial charge in [0.2, 0.25) is 0 Å². The molecule has 0 radical (unpaired) electrons. The maximum atomic E-state index is 12.5.